The molecule has 1 aromatic rings. The van der Waals surface area contributed by atoms with E-state index in [9.17, 15) is 0 Å². The number of anilines is 2. The van der Waals surface area contributed by atoms with Crippen molar-refractivity contribution in [3.63, 3.8) is 0 Å². The third-order valence-corrected chi connectivity index (χ3v) is 3.27. The number of hydrogen-bond donors (Lipinski definition) is 1. The molecule has 82 valence electrons. The van der Waals surface area contributed by atoms with Gasteiger partial charge in [0.15, 0.2) is 0 Å². The van der Waals surface area contributed by atoms with Crippen LogP contribution in [-0.4, -0.2) is 12.6 Å². The van der Waals surface area contributed by atoms with Crippen LogP contribution in [-0.2, 0) is 0 Å². The maximum atomic E-state index is 5.82. The minimum absolute atomic E-state index is 0.687. The summed E-state index contributed by atoms with van der Waals surface area (Å²) in [5.74, 6) is 0.717. The molecule has 0 amide bonds. The maximum absolute atomic E-state index is 5.82. The zero-order chi connectivity index (χ0) is 10.8. The summed E-state index contributed by atoms with van der Waals surface area (Å²) in [7, 11) is 0. The zero-order valence-electron chi connectivity index (χ0n) is 9.61. The second-order valence-corrected chi connectivity index (χ2v) is 4.74. The van der Waals surface area contributed by atoms with E-state index in [2.05, 4.69) is 30.9 Å². The normalized spacial score (nSPS) is 21.3. The Kier molecular flexibility index (Phi) is 2.85. The molecule has 2 rings (SSSR count). The highest BCUT2D eigenvalue weighted by Crippen LogP contribution is 2.30. The summed E-state index contributed by atoms with van der Waals surface area (Å²) in [6.45, 7) is 5.77. The van der Waals surface area contributed by atoms with Crippen LogP contribution < -0.4 is 10.6 Å². The predicted molar refractivity (Wildman–Crippen MR) is 66.1 cm³/mol. The lowest BCUT2D eigenvalue weighted by atomic mass is 10.0. The Morgan fingerprint density at radius 1 is 1.40 bits per heavy atom. The van der Waals surface area contributed by atoms with Crippen molar-refractivity contribution in [1.29, 1.82) is 0 Å². The molecule has 2 heteroatoms. The lowest BCUT2D eigenvalue weighted by Crippen LogP contribution is -2.33. The molecule has 1 atom stereocenters. The van der Waals surface area contributed by atoms with Crippen molar-refractivity contribution in [3.8, 4) is 0 Å². The van der Waals surface area contributed by atoms with Gasteiger partial charge in [-0.25, -0.2) is 0 Å². The topological polar surface area (TPSA) is 29.3 Å². The first-order chi connectivity index (χ1) is 7.18. The molecule has 0 radical (unpaired) electrons. The van der Waals surface area contributed by atoms with Crippen LogP contribution in [0.4, 0.5) is 11.4 Å². The van der Waals surface area contributed by atoms with Crippen LogP contribution in [0.2, 0.25) is 0 Å². The van der Waals surface area contributed by atoms with Crippen molar-refractivity contribution in [2.24, 2.45) is 5.92 Å². The highest BCUT2D eigenvalue weighted by molar-refractivity contribution is 5.57. The van der Waals surface area contributed by atoms with Crippen LogP contribution in [0.5, 0.6) is 0 Å². The molecule has 1 fully saturated rings. The summed E-state index contributed by atoms with van der Waals surface area (Å²) >= 11 is 0. The predicted octanol–water partition coefficient (Wildman–Crippen LogP) is 2.89. The molecule has 0 spiro atoms. The van der Waals surface area contributed by atoms with Crippen LogP contribution in [0.25, 0.3) is 0 Å². The Morgan fingerprint density at radius 2 is 2.20 bits per heavy atom. The van der Waals surface area contributed by atoms with Gasteiger partial charge in [-0.3, -0.25) is 0 Å². The van der Waals surface area contributed by atoms with Crippen molar-refractivity contribution >= 4 is 11.4 Å². The molecule has 0 bridgehead atoms. The monoisotopic (exact) mass is 204 g/mol. The number of nitrogens with two attached hydrogens (primary N) is 1. The third-order valence-electron chi connectivity index (χ3n) is 3.27. The fraction of sp³-hybridized carbons (Fsp3) is 0.538. The lowest BCUT2D eigenvalue weighted by molar-refractivity contribution is 0.492. The summed E-state index contributed by atoms with van der Waals surface area (Å²) in [5, 5.41) is 0. The van der Waals surface area contributed by atoms with Crippen molar-refractivity contribution in [2.45, 2.75) is 32.7 Å². The molecule has 1 aliphatic rings. The number of rotatable bonds is 2. The van der Waals surface area contributed by atoms with Gasteiger partial charge < -0.3 is 10.6 Å². The van der Waals surface area contributed by atoms with Gasteiger partial charge in [0.05, 0.1) is 0 Å². The fourth-order valence-corrected chi connectivity index (χ4v) is 2.51. The Hall–Kier alpha value is -1.18. The fourth-order valence-electron chi connectivity index (χ4n) is 2.51. The van der Waals surface area contributed by atoms with Crippen LogP contribution >= 0.6 is 0 Å². The summed E-state index contributed by atoms with van der Waals surface area (Å²) in [5.41, 5.74) is 7.97. The number of benzene rings is 1. The largest absolute Gasteiger partial charge is 0.399 e. The van der Waals surface area contributed by atoms with E-state index in [0.29, 0.717) is 12.0 Å². The summed E-state index contributed by atoms with van der Waals surface area (Å²) < 4.78 is 0. The van der Waals surface area contributed by atoms with Gasteiger partial charge in [0.25, 0.3) is 0 Å². The molecule has 15 heavy (non-hydrogen) atoms. The molecular formula is C13H20N2. The number of nitrogens with zero attached hydrogens (tertiary/aromatic N) is 1. The maximum Gasteiger partial charge on any atom is 0.0389 e. The Labute approximate surface area is 92.1 Å². The van der Waals surface area contributed by atoms with Crippen molar-refractivity contribution in [3.05, 3.63) is 24.3 Å². The minimum atomic E-state index is 0.687. The molecule has 1 saturated heterocycles. The first-order valence-corrected chi connectivity index (χ1v) is 5.80. The van der Waals surface area contributed by atoms with Gasteiger partial charge in [-0.1, -0.05) is 19.9 Å². The van der Waals surface area contributed by atoms with Gasteiger partial charge in [0, 0.05) is 24.0 Å². The summed E-state index contributed by atoms with van der Waals surface area (Å²) in [6.07, 6.45) is 2.62. The molecule has 1 unspecified atom stereocenters. The number of nitrogen functional groups attached to an aromatic ring is 1. The quantitative estimate of drug-likeness (QED) is 0.750. The molecule has 1 heterocycles. The molecule has 1 aliphatic heterocycles. The van der Waals surface area contributed by atoms with Gasteiger partial charge in [0.1, 0.15) is 0 Å². The van der Waals surface area contributed by atoms with Crippen LogP contribution in [0.1, 0.15) is 26.7 Å². The van der Waals surface area contributed by atoms with Crippen LogP contribution in [0, 0.1) is 5.92 Å². The van der Waals surface area contributed by atoms with Gasteiger partial charge in [0.2, 0.25) is 0 Å². The highest BCUT2D eigenvalue weighted by Gasteiger charge is 2.26. The van der Waals surface area contributed by atoms with E-state index in [1.165, 1.54) is 25.1 Å². The second-order valence-electron chi connectivity index (χ2n) is 4.74. The Bertz CT molecular complexity index is 333. The van der Waals surface area contributed by atoms with Gasteiger partial charge in [-0.05, 0) is 37.0 Å². The third kappa shape index (κ3) is 2.09. The minimum Gasteiger partial charge on any atom is -0.399 e. The van der Waals surface area contributed by atoms with Crippen molar-refractivity contribution in [2.75, 3.05) is 17.2 Å². The molecule has 0 aromatic heterocycles. The average molecular weight is 204 g/mol. The van der Waals surface area contributed by atoms with E-state index in [4.69, 9.17) is 5.73 Å². The molecule has 2 N–H and O–H groups in total. The molecule has 0 aliphatic carbocycles. The molecule has 2 nitrogen and oxygen atoms in total. The van der Waals surface area contributed by atoms with E-state index in [-0.39, 0.29) is 0 Å². The van der Waals surface area contributed by atoms with Crippen LogP contribution in [0.3, 0.4) is 0 Å². The zero-order valence-corrected chi connectivity index (χ0v) is 9.61. The van der Waals surface area contributed by atoms with Gasteiger partial charge in [-0.15, -0.1) is 0 Å². The van der Waals surface area contributed by atoms with Crippen molar-refractivity contribution < 1.29 is 0 Å². The standard InChI is InChI=1S/C13H20N2/c1-10(2)13-7-4-8-15(13)12-6-3-5-11(14)9-12/h3,5-6,9-10,13H,4,7-8,14H2,1-2H3. The molecular weight excluding hydrogens is 184 g/mol. The second kappa shape index (κ2) is 4.13. The Balaban J connectivity index is 2.22. The first-order valence-electron chi connectivity index (χ1n) is 5.80. The van der Waals surface area contributed by atoms with E-state index in [1.54, 1.807) is 0 Å². The summed E-state index contributed by atoms with van der Waals surface area (Å²) in [6, 6.07) is 8.93. The van der Waals surface area contributed by atoms with E-state index in [1.807, 2.05) is 12.1 Å². The highest BCUT2D eigenvalue weighted by atomic mass is 15.2. The van der Waals surface area contributed by atoms with Crippen LogP contribution in [0.15, 0.2) is 24.3 Å². The first kappa shape index (κ1) is 10.3. The van der Waals surface area contributed by atoms with Gasteiger partial charge in [-0.2, -0.15) is 0 Å². The molecule has 0 saturated carbocycles. The van der Waals surface area contributed by atoms with Gasteiger partial charge >= 0.3 is 0 Å². The smallest absolute Gasteiger partial charge is 0.0389 e. The molecule has 1 aromatic carbocycles. The average Bonchev–Trinajstić information content (AvgIpc) is 2.65. The van der Waals surface area contributed by atoms with Crippen molar-refractivity contribution in [1.82, 2.24) is 0 Å². The number of hydrogen-bond acceptors (Lipinski definition) is 2. The Morgan fingerprint density at radius 3 is 2.87 bits per heavy atom. The van der Waals surface area contributed by atoms with E-state index >= 15 is 0 Å². The lowest BCUT2D eigenvalue weighted by Gasteiger charge is -2.29. The SMILES string of the molecule is CC(C)C1CCCN1c1cccc(N)c1. The summed E-state index contributed by atoms with van der Waals surface area (Å²) in [4.78, 5) is 2.50. The van der Waals surface area contributed by atoms with E-state index < -0.39 is 0 Å². The van der Waals surface area contributed by atoms with E-state index in [0.717, 1.165) is 5.69 Å².